The van der Waals surface area contributed by atoms with Crippen LogP contribution in [0.1, 0.15) is 81.3 Å². The van der Waals surface area contributed by atoms with Crippen LogP contribution in [-0.4, -0.2) is 38.4 Å². The van der Waals surface area contributed by atoms with E-state index < -0.39 is 0 Å². The van der Waals surface area contributed by atoms with Crippen molar-refractivity contribution in [2.75, 3.05) is 23.3 Å². The van der Waals surface area contributed by atoms with Crippen molar-refractivity contribution < 1.29 is 9.21 Å². The normalized spacial score (nSPS) is 14.1. The van der Waals surface area contributed by atoms with Crippen molar-refractivity contribution in [1.82, 2.24) is 19.5 Å². The Bertz CT molecular complexity index is 1510. The Labute approximate surface area is 215 Å². The third-order valence-corrected chi connectivity index (χ3v) is 7.28. The summed E-state index contributed by atoms with van der Waals surface area (Å²) in [5, 5.41) is 4.91. The van der Waals surface area contributed by atoms with Gasteiger partial charge in [0.1, 0.15) is 5.65 Å². The second-order valence-corrected chi connectivity index (χ2v) is 9.87. The molecule has 0 bridgehead atoms. The van der Waals surface area contributed by atoms with Crippen molar-refractivity contribution in [3.05, 3.63) is 46.2 Å². The lowest BCUT2D eigenvalue weighted by molar-refractivity contribution is 0.101. The highest BCUT2D eigenvalue weighted by atomic mass is 16.3. The fourth-order valence-corrected chi connectivity index (χ4v) is 5.60. The van der Waals surface area contributed by atoms with Gasteiger partial charge in [-0.05, 0) is 51.2 Å². The van der Waals surface area contributed by atoms with Crippen LogP contribution in [0, 0.1) is 6.92 Å². The number of hydrogen-bond acceptors (Lipinski definition) is 8. The molecule has 0 aromatic carbocycles. The summed E-state index contributed by atoms with van der Waals surface area (Å²) in [6.07, 6.45) is 11.2. The van der Waals surface area contributed by atoms with Crippen molar-refractivity contribution in [3.63, 3.8) is 0 Å². The molecule has 0 radical (unpaired) electrons. The maximum absolute atomic E-state index is 13.5. The van der Waals surface area contributed by atoms with Crippen molar-refractivity contribution in [3.8, 4) is 0 Å². The highest BCUT2D eigenvalue weighted by Gasteiger charge is 2.26. The Kier molecular flexibility index (Phi) is 6.95. The summed E-state index contributed by atoms with van der Waals surface area (Å²) < 4.78 is 7.55. The summed E-state index contributed by atoms with van der Waals surface area (Å²) >= 11 is 0. The number of nitrogens with zero attached hydrogens (tertiary/aromatic N) is 5. The fraction of sp³-hybridized carbons (Fsp3) is 0.464. The summed E-state index contributed by atoms with van der Waals surface area (Å²) in [6, 6.07) is 1.98. The Hall–Kier alpha value is -3.75. The number of rotatable bonds is 9. The van der Waals surface area contributed by atoms with E-state index in [1.54, 1.807) is 24.0 Å². The zero-order chi connectivity index (χ0) is 26.1. The lowest BCUT2D eigenvalue weighted by Gasteiger charge is -2.24. The number of pyridine rings is 2. The highest BCUT2D eigenvalue weighted by Crippen LogP contribution is 2.34. The number of aryl methyl sites for hydroxylation is 1. The molecule has 1 aliphatic carbocycles. The fourth-order valence-electron chi connectivity index (χ4n) is 5.60. The molecule has 0 unspecified atom stereocenters. The molecule has 5 rings (SSSR count). The smallest absolute Gasteiger partial charge is 0.263 e. The van der Waals surface area contributed by atoms with Crippen LogP contribution in [0.5, 0.6) is 0 Å². The van der Waals surface area contributed by atoms with E-state index in [1.807, 2.05) is 12.3 Å². The minimum absolute atomic E-state index is 0.0220. The average Bonchev–Trinajstić information content (AvgIpc) is 3.57. The van der Waals surface area contributed by atoms with Crippen LogP contribution < -0.4 is 15.8 Å². The molecule has 0 saturated heterocycles. The topological polar surface area (TPSA) is 106 Å². The SMILES string of the molecule is CCCN(CCC)c1cnc(Nc2ncc3c(C)c(C(C)=O)c(=O)n(C4CCCC4)c3n2)c2occc12. The Balaban J connectivity index is 1.60. The zero-order valence-corrected chi connectivity index (χ0v) is 22.0. The predicted octanol–water partition coefficient (Wildman–Crippen LogP) is 5.93. The number of anilines is 3. The van der Waals surface area contributed by atoms with Crippen LogP contribution in [0.3, 0.4) is 0 Å². The van der Waals surface area contributed by atoms with Crippen LogP contribution >= 0.6 is 0 Å². The summed E-state index contributed by atoms with van der Waals surface area (Å²) in [6.45, 7) is 9.45. The average molecular weight is 503 g/mol. The Morgan fingerprint density at radius 2 is 1.86 bits per heavy atom. The molecule has 0 aliphatic heterocycles. The first kappa shape index (κ1) is 24.9. The molecule has 1 aliphatic rings. The number of Topliss-reactive ketones (excluding diaryl/α,β-unsaturated/α-hetero) is 1. The maximum Gasteiger partial charge on any atom is 0.263 e. The summed E-state index contributed by atoms with van der Waals surface area (Å²) in [5.74, 6) is 0.608. The van der Waals surface area contributed by atoms with Crippen molar-refractivity contribution in [1.29, 1.82) is 0 Å². The van der Waals surface area contributed by atoms with Crippen molar-refractivity contribution in [2.45, 2.75) is 72.3 Å². The summed E-state index contributed by atoms with van der Waals surface area (Å²) in [4.78, 5) is 42.2. The molecule has 9 heteroatoms. The van der Waals surface area contributed by atoms with Crippen LogP contribution in [0.4, 0.5) is 17.5 Å². The van der Waals surface area contributed by atoms with Crippen LogP contribution in [0.25, 0.3) is 22.0 Å². The van der Waals surface area contributed by atoms with E-state index in [9.17, 15) is 9.59 Å². The predicted molar refractivity (Wildman–Crippen MR) is 146 cm³/mol. The van der Waals surface area contributed by atoms with Gasteiger partial charge in [0, 0.05) is 36.1 Å². The third kappa shape index (κ3) is 4.47. The molecule has 4 heterocycles. The monoisotopic (exact) mass is 502 g/mol. The number of ketones is 1. The van der Waals surface area contributed by atoms with Crippen LogP contribution in [0.15, 0.2) is 33.9 Å². The third-order valence-electron chi connectivity index (χ3n) is 7.28. The molecule has 0 spiro atoms. The maximum atomic E-state index is 13.5. The molecule has 37 heavy (non-hydrogen) atoms. The lowest BCUT2D eigenvalue weighted by Crippen LogP contribution is -2.30. The van der Waals surface area contributed by atoms with Gasteiger partial charge >= 0.3 is 0 Å². The molecule has 1 fully saturated rings. The minimum Gasteiger partial charge on any atom is -0.460 e. The van der Waals surface area contributed by atoms with E-state index in [4.69, 9.17) is 9.40 Å². The molecule has 4 aromatic rings. The number of furan rings is 1. The number of hydrogen-bond donors (Lipinski definition) is 1. The summed E-state index contributed by atoms with van der Waals surface area (Å²) in [7, 11) is 0. The van der Waals surface area contributed by atoms with Gasteiger partial charge in [-0.3, -0.25) is 14.2 Å². The number of fused-ring (bicyclic) bond motifs is 2. The molecular formula is C28H34N6O3. The number of carbonyl (C=O) groups is 1. The van der Waals surface area contributed by atoms with E-state index in [2.05, 4.69) is 34.0 Å². The molecule has 194 valence electrons. The highest BCUT2D eigenvalue weighted by molar-refractivity contribution is 6.00. The van der Waals surface area contributed by atoms with Gasteiger partial charge in [0.25, 0.3) is 5.56 Å². The van der Waals surface area contributed by atoms with Crippen molar-refractivity contribution in [2.24, 2.45) is 0 Å². The van der Waals surface area contributed by atoms with Gasteiger partial charge in [0.05, 0.1) is 23.7 Å². The van der Waals surface area contributed by atoms with Crippen LogP contribution in [-0.2, 0) is 0 Å². The second-order valence-electron chi connectivity index (χ2n) is 9.87. The molecule has 1 N–H and O–H groups in total. The first-order valence-corrected chi connectivity index (χ1v) is 13.3. The molecule has 1 saturated carbocycles. The zero-order valence-electron chi connectivity index (χ0n) is 22.0. The lowest BCUT2D eigenvalue weighted by atomic mass is 10.0. The van der Waals surface area contributed by atoms with Crippen molar-refractivity contribution >= 4 is 45.2 Å². The second kappa shape index (κ2) is 10.3. The Morgan fingerprint density at radius 3 is 2.54 bits per heavy atom. The van der Waals surface area contributed by atoms with E-state index in [1.165, 1.54) is 6.92 Å². The van der Waals surface area contributed by atoms with E-state index >= 15 is 0 Å². The standard InChI is InChI=1S/C28H34N6O3/c1-5-12-33(13-6-2)22-16-29-25(24-20(22)11-14-37-24)31-28-30-15-21-17(3)23(18(4)35)27(36)34(26(21)32-28)19-9-7-8-10-19/h11,14-16,19H,5-10,12-13H2,1-4H3,(H,29,30,31,32). The van der Waals surface area contributed by atoms with Gasteiger partial charge in [-0.1, -0.05) is 26.7 Å². The van der Waals surface area contributed by atoms with E-state index in [0.29, 0.717) is 33.9 Å². The molecule has 0 atom stereocenters. The van der Waals surface area contributed by atoms with Gasteiger partial charge in [-0.2, -0.15) is 4.98 Å². The number of aromatic nitrogens is 4. The first-order valence-electron chi connectivity index (χ1n) is 13.3. The quantitative estimate of drug-likeness (QED) is 0.281. The molecule has 9 nitrogen and oxygen atoms in total. The number of carbonyl (C=O) groups excluding carboxylic acids is 1. The van der Waals surface area contributed by atoms with Gasteiger partial charge in [-0.15, -0.1) is 0 Å². The van der Waals surface area contributed by atoms with E-state index in [-0.39, 0.29) is 22.9 Å². The number of nitrogens with one attached hydrogen (secondary N) is 1. The largest absolute Gasteiger partial charge is 0.460 e. The van der Waals surface area contributed by atoms with Gasteiger partial charge in [-0.25, -0.2) is 9.97 Å². The minimum atomic E-state index is -0.267. The van der Waals surface area contributed by atoms with Gasteiger partial charge in [0.15, 0.2) is 17.2 Å². The van der Waals surface area contributed by atoms with Gasteiger partial charge < -0.3 is 14.6 Å². The molecular weight excluding hydrogens is 468 g/mol. The summed E-state index contributed by atoms with van der Waals surface area (Å²) in [5.41, 5.74) is 2.80. The molecule has 0 amide bonds. The Morgan fingerprint density at radius 1 is 1.14 bits per heavy atom. The van der Waals surface area contributed by atoms with Crippen LogP contribution in [0.2, 0.25) is 0 Å². The van der Waals surface area contributed by atoms with E-state index in [0.717, 1.165) is 62.7 Å². The molecule has 4 aromatic heterocycles. The van der Waals surface area contributed by atoms with Gasteiger partial charge in [0.2, 0.25) is 5.95 Å². The first-order chi connectivity index (χ1) is 17.9.